The van der Waals surface area contributed by atoms with E-state index in [2.05, 4.69) is 10.3 Å². The van der Waals surface area contributed by atoms with Gasteiger partial charge in [0, 0.05) is 24.2 Å². The number of nitrogens with two attached hydrogens (primary N) is 1. The highest BCUT2D eigenvalue weighted by Gasteiger charge is 2.21. The number of rotatable bonds is 8. The average molecular weight is 385 g/mol. The highest BCUT2D eigenvalue weighted by Crippen LogP contribution is 2.27. The van der Waals surface area contributed by atoms with E-state index < -0.39 is 11.8 Å². The largest absolute Gasteiger partial charge is 0.495 e. The fourth-order valence-corrected chi connectivity index (χ4v) is 2.55. The molecular formula is C20H23N3O5. The van der Waals surface area contributed by atoms with Gasteiger partial charge in [0.2, 0.25) is 5.91 Å². The van der Waals surface area contributed by atoms with Crippen LogP contribution in [0.15, 0.2) is 36.5 Å². The summed E-state index contributed by atoms with van der Waals surface area (Å²) in [6.07, 6.45) is 1.54. The number of ether oxygens (including phenoxy) is 2. The van der Waals surface area contributed by atoms with Crippen molar-refractivity contribution in [3.05, 3.63) is 53.3 Å². The zero-order valence-electron chi connectivity index (χ0n) is 16.0. The van der Waals surface area contributed by atoms with Crippen LogP contribution in [0.3, 0.4) is 0 Å². The quantitative estimate of drug-likeness (QED) is 0.528. The normalized spacial score (nSPS) is 11.4. The molecule has 1 aromatic carbocycles. The van der Waals surface area contributed by atoms with Crippen LogP contribution in [-0.2, 0) is 9.53 Å². The number of hydrogen-bond donors (Lipinski definition) is 2. The van der Waals surface area contributed by atoms with Gasteiger partial charge in [-0.1, -0.05) is 0 Å². The van der Waals surface area contributed by atoms with Crippen LogP contribution >= 0.6 is 0 Å². The Morgan fingerprint density at radius 1 is 1.25 bits per heavy atom. The number of anilines is 1. The maximum atomic E-state index is 13.0. The lowest BCUT2D eigenvalue weighted by molar-refractivity contribution is -0.116. The van der Waals surface area contributed by atoms with Crippen LogP contribution in [0.1, 0.15) is 46.7 Å². The molecule has 1 heterocycles. The van der Waals surface area contributed by atoms with Gasteiger partial charge in [0.25, 0.3) is 0 Å². The zero-order valence-corrected chi connectivity index (χ0v) is 16.0. The van der Waals surface area contributed by atoms with Crippen LogP contribution in [-0.4, -0.2) is 42.4 Å². The number of aromatic nitrogens is 1. The predicted octanol–water partition coefficient (Wildman–Crippen LogP) is 2.17. The Kier molecular flexibility index (Phi) is 7.22. The summed E-state index contributed by atoms with van der Waals surface area (Å²) in [5.74, 6) is -1.01. The van der Waals surface area contributed by atoms with Crippen molar-refractivity contribution in [3.63, 3.8) is 0 Å². The third-order valence-corrected chi connectivity index (χ3v) is 3.76. The first-order chi connectivity index (χ1) is 13.4. The maximum absolute atomic E-state index is 13.0. The molecule has 1 atom stereocenters. The third-order valence-electron chi connectivity index (χ3n) is 3.76. The SMILES string of the molecule is CCOC(=O)c1ncccc1C(=O)c1ccc(OC)c(NC(=O)CC(C)N)c1. The summed E-state index contributed by atoms with van der Waals surface area (Å²) in [7, 11) is 1.46. The van der Waals surface area contributed by atoms with Gasteiger partial charge in [-0.15, -0.1) is 0 Å². The molecule has 148 valence electrons. The average Bonchev–Trinajstić information content (AvgIpc) is 2.67. The van der Waals surface area contributed by atoms with Crippen molar-refractivity contribution < 1.29 is 23.9 Å². The van der Waals surface area contributed by atoms with Crippen LogP contribution in [0.4, 0.5) is 5.69 Å². The number of carbonyl (C=O) groups is 3. The van der Waals surface area contributed by atoms with E-state index in [9.17, 15) is 14.4 Å². The van der Waals surface area contributed by atoms with Crippen molar-refractivity contribution in [1.29, 1.82) is 0 Å². The lowest BCUT2D eigenvalue weighted by Gasteiger charge is -2.13. The molecule has 0 bridgehead atoms. The minimum absolute atomic E-state index is 0.0623. The molecule has 8 heteroatoms. The molecule has 0 saturated carbocycles. The smallest absolute Gasteiger partial charge is 0.357 e. The fraction of sp³-hybridized carbons (Fsp3) is 0.300. The van der Waals surface area contributed by atoms with Gasteiger partial charge >= 0.3 is 5.97 Å². The zero-order chi connectivity index (χ0) is 20.7. The Labute approximate surface area is 163 Å². The molecule has 0 fully saturated rings. The van der Waals surface area contributed by atoms with E-state index in [1.165, 1.54) is 25.4 Å². The van der Waals surface area contributed by atoms with Gasteiger partial charge in [0.05, 0.1) is 25.0 Å². The van der Waals surface area contributed by atoms with Crippen molar-refractivity contribution in [1.82, 2.24) is 4.98 Å². The van der Waals surface area contributed by atoms with Crippen molar-refractivity contribution in [2.24, 2.45) is 5.73 Å². The molecule has 2 rings (SSSR count). The summed E-state index contributed by atoms with van der Waals surface area (Å²) in [6, 6.07) is 7.35. The number of ketones is 1. The number of pyridine rings is 1. The molecule has 1 aromatic heterocycles. The van der Waals surface area contributed by atoms with E-state index in [1.807, 2.05) is 0 Å². The lowest BCUT2D eigenvalue weighted by Crippen LogP contribution is -2.24. The first kappa shape index (κ1) is 21.0. The van der Waals surface area contributed by atoms with Crippen LogP contribution < -0.4 is 15.8 Å². The van der Waals surface area contributed by atoms with Gasteiger partial charge in [0.1, 0.15) is 5.75 Å². The Hall–Kier alpha value is -3.26. The van der Waals surface area contributed by atoms with Gasteiger partial charge < -0.3 is 20.5 Å². The van der Waals surface area contributed by atoms with Gasteiger partial charge in [-0.05, 0) is 44.2 Å². The number of methoxy groups -OCH3 is 1. The molecule has 0 radical (unpaired) electrons. The molecule has 1 amide bonds. The van der Waals surface area contributed by atoms with Crippen molar-refractivity contribution >= 4 is 23.3 Å². The minimum atomic E-state index is -0.676. The molecule has 8 nitrogen and oxygen atoms in total. The summed E-state index contributed by atoms with van der Waals surface area (Å²) in [6.45, 7) is 3.56. The Bertz CT molecular complexity index is 880. The van der Waals surface area contributed by atoms with Crippen LogP contribution in [0.5, 0.6) is 5.75 Å². The molecule has 28 heavy (non-hydrogen) atoms. The molecule has 0 aliphatic carbocycles. The summed E-state index contributed by atoms with van der Waals surface area (Å²) in [5.41, 5.74) is 6.29. The maximum Gasteiger partial charge on any atom is 0.357 e. The summed E-state index contributed by atoms with van der Waals surface area (Å²) < 4.78 is 10.2. The molecule has 0 spiro atoms. The minimum Gasteiger partial charge on any atom is -0.495 e. The first-order valence-corrected chi connectivity index (χ1v) is 8.77. The van der Waals surface area contributed by atoms with Gasteiger partial charge in [-0.3, -0.25) is 9.59 Å². The molecule has 2 aromatic rings. The number of amides is 1. The second-order valence-corrected chi connectivity index (χ2v) is 6.09. The number of nitrogens with one attached hydrogen (secondary N) is 1. The highest BCUT2D eigenvalue weighted by molar-refractivity contribution is 6.14. The number of benzene rings is 1. The second kappa shape index (κ2) is 9.61. The Morgan fingerprint density at radius 2 is 2.00 bits per heavy atom. The Balaban J connectivity index is 2.38. The number of carbonyl (C=O) groups excluding carboxylic acids is 3. The topological polar surface area (TPSA) is 121 Å². The first-order valence-electron chi connectivity index (χ1n) is 8.77. The van der Waals surface area contributed by atoms with Gasteiger partial charge in [-0.25, -0.2) is 9.78 Å². The highest BCUT2D eigenvalue weighted by atomic mass is 16.5. The second-order valence-electron chi connectivity index (χ2n) is 6.09. The standard InChI is InChI=1S/C20H23N3O5/c1-4-28-20(26)18-14(6-5-9-22-18)19(25)13-7-8-16(27-3)15(11-13)23-17(24)10-12(2)21/h5-9,11-12H,4,10,21H2,1-3H3,(H,23,24). The molecule has 3 N–H and O–H groups in total. The summed E-state index contributed by atoms with van der Waals surface area (Å²) in [4.78, 5) is 41.1. The van der Waals surface area contributed by atoms with Crippen LogP contribution in [0.2, 0.25) is 0 Å². The van der Waals surface area contributed by atoms with Crippen LogP contribution in [0, 0.1) is 0 Å². The summed E-state index contributed by atoms with van der Waals surface area (Å²) >= 11 is 0. The van der Waals surface area contributed by atoms with E-state index >= 15 is 0 Å². The van der Waals surface area contributed by atoms with E-state index in [0.29, 0.717) is 11.4 Å². The van der Waals surface area contributed by atoms with Gasteiger partial charge in [0.15, 0.2) is 11.5 Å². The monoisotopic (exact) mass is 385 g/mol. The molecule has 0 aliphatic heterocycles. The van der Waals surface area contributed by atoms with E-state index in [4.69, 9.17) is 15.2 Å². The van der Waals surface area contributed by atoms with Crippen molar-refractivity contribution in [3.8, 4) is 5.75 Å². The lowest BCUT2D eigenvalue weighted by atomic mass is 10.0. The number of esters is 1. The summed E-state index contributed by atoms with van der Waals surface area (Å²) in [5, 5.41) is 2.69. The van der Waals surface area contributed by atoms with E-state index in [1.54, 1.807) is 32.0 Å². The van der Waals surface area contributed by atoms with Gasteiger partial charge in [-0.2, -0.15) is 0 Å². The predicted molar refractivity (Wildman–Crippen MR) is 104 cm³/mol. The number of nitrogens with zero attached hydrogens (tertiary/aromatic N) is 1. The number of hydrogen-bond acceptors (Lipinski definition) is 7. The molecule has 1 unspecified atom stereocenters. The van der Waals surface area contributed by atoms with E-state index in [-0.39, 0.29) is 41.8 Å². The van der Waals surface area contributed by atoms with Crippen molar-refractivity contribution in [2.45, 2.75) is 26.3 Å². The fourth-order valence-electron chi connectivity index (χ4n) is 2.55. The van der Waals surface area contributed by atoms with E-state index in [0.717, 1.165) is 0 Å². The molecule has 0 aliphatic rings. The Morgan fingerprint density at radius 3 is 2.64 bits per heavy atom. The molecule has 0 saturated heterocycles. The molecular weight excluding hydrogens is 362 g/mol. The van der Waals surface area contributed by atoms with Crippen molar-refractivity contribution in [2.75, 3.05) is 19.0 Å². The van der Waals surface area contributed by atoms with Crippen LogP contribution in [0.25, 0.3) is 0 Å². The third kappa shape index (κ3) is 5.14.